The number of nitrogens with one attached hydrogen (secondary N) is 1. The molecule has 0 radical (unpaired) electrons. The summed E-state index contributed by atoms with van der Waals surface area (Å²) in [6.07, 6.45) is 6.78. The van der Waals surface area contributed by atoms with Crippen LogP contribution in [0.3, 0.4) is 0 Å². The summed E-state index contributed by atoms with van der Waals surface area (Å²) in [5.41, 5.74) is -4.13. The number of esters is 1. The fourth-order valence-corrected chi connectivity index (χ4v) is 5.12. The Kier molecular flexibility index (Phi) is 17.5. The SMILES string of the molecule is C#CCO[C@H]1C[C@H](n2cc(C(F)(F)F)c(=O)[nH]c2=O)O[C@@H]1COC(=O)CN1CCN(CCCCCCCCC)CC1.Cl.Cl. The lowest BCUT2D eigenvalue weighted by molar-refractivity contribution is -0.153. The maximum Gasteiger partial charge on any atom is 0.423 e. The highest BCUT2D eigenvalue weighted by molar-refractivity contribution is 5.85. The summed E-state index contributed by atoms with van der Waals surface area (Å²) in [5.74, 6) is 1.84. The van der Waals surface area contributed by atoms with Gasteiger partial charge in [0, 0.05) is 38.8 Å². The summed E-state index contributed by atoms with van der Waals surface area (Å²) in [5, 5.41) is 0. The van der Waals surface area contributed by atoms with E-state index in [0.29, 0.717) is 10.8 Å². The van der Waals surface area contributed by atoms with Crippen molar-refractivity contribution in [2.45, 2.75) is 82.9 Å². The molecule has 0 spiro atoms. The number of ether oxygens (including phenoxy) is 3. The van der Waals surface area contributed by atoms with Crippen molar-refractivity contribution in [3.63, 3.8) is 0 Å². The Morgan fingerprint density at radius 3 is 2.33 bits per heavy atom. The standard InChI is InChI=1S/C28H41F3N4O6.2ClH/c1-3-5-6-7-8-9-10-11-33-12-14-34(15-13-33)19-25(36)40-20-23-22(39-16-4-2)17-24(41-23)35-18-21(28(29,30)31)26(37)32-27(35)38;;/h2,18,22-24H,3,5-17,19-20H2,1H3,(H,32,37,38);2*1H/t22-,23+,24+;;/m0../s1. The molecule has 2 saturated heterocycles. The minimum atomic E-state index is -4.96. The Bertz CT molecular complexity index is 1140. The summed E-state index contributed by atoms with van der Waals surface area (Å²) in [4.78, 5) is 42.6. The molecule has 1 aromatic rings. The predicted octanol–water partition coefficient (Wildman–Crippen LogP) is 3.62. The van der Waals surface area contributed by atoms with E-state index < -0.39 is 47.4 Å². The number of hydrogen-bond acceptors (Lipinski definition) is 8. The van der Waals surface area contributed by atoms with E-state index in [-0.39, 0.29) is 51.0 Å². The highest BCUT2D eigenvalue weighted by Crippen LogP contribution is 2.32. The van der Waals surface area contributed by atoms with Crippen LogP contribution in [0.1, 0.15) is 70.1 Å². The molecular formula is C28H43Cl2F3N4O6. The first kappa shape index (κ1) is 38.9. The lowest BCUT2D eigenvalue weighted by Gasteiger charge is -2.34. The quantitative estimate of drug-likeness (QED) is 0.173. The van der Waals surface area contributed by atoms with Gasteiger partial charge in [-0.05, 0) is 13.0 Å². The van der Waals surface area contributed by atoms with Gasteiger partial charge in [-0.25, -0.2) is 4.79 Å². The molecule has 15 heteroatoms. The van der Waals surface area contributed by atoms with Gasteiger partial charge in [0.1, 0.15) is 31.1 Å². The monoisotopic (exact) mass is 658 g/mol. The van der Waals surface area contributed by atoms with Gasteiger partial charge in [-0.3, -0.25) is 24.0 Å². The third kappa shape index (κ3) is 12.4. The van der Waals surface area contributed by atoms with E-state index in [1.165, 1.54) is 44.9 Å². The molecule has 3 heterocycles. The van der Waals surface area contributed by atoms with Gasteiger partial charge in [0.15, 0.2) is 0 Å². The number of piperazine rings is 1. The first-order valence-corrected chi connectivity index (χ1v) is 14.4. The maximum absolute atomic E-state index is 13.2. The van der Waals surface area contributed by atoms with Gasteiger partial charge in [-0.1, -0.05) is 51.4 Å². The number of rotatable bonds is 15. The molecule has 43 heavy (non-hydrogen) atoms. The summed E-state index contributed by atoms with van der Waals surface area (Å²) < 4.78 is 57.1. The lowest BCUT2D eigenvalue weighted by atomic mass is 10.1. The number of terminal acetylenes is 1. The summed E-state index contributed by atoms with van der Waals surface area (Å²) in [6.45, 7) is 6.30. The molecule has 246 valence electrons. The Morgan fingerprint density at radius 1 is 1.07 bits per heavy atom. The highest BCUT2D eigenvalue weighted by Gasteiger charge is 2.40. The molecular weight excluding hydrogens is 616 g/mol. The van der Waals surface area contributed by atoms with Crippen LogP contribution in [0.15, 0.2) is 15.8 Å². The first-order chi connectivity index (χ1) is 19.6. The zero-order chi connectivity index (χ0) is 29.8. The molecule has 0 amide bonds. The number of alkyl halides is 3. The van der Waals surface area contributed by atoms with Crippen molar-refractivity contribution < 1.29 is 32.2 Å². The van der Waals surface area contributed by atoms with Crippen LogP contribution in [0.4, 0.5) is 13.2 Å². The molecule has 1 aromatic heterocycles. The van der Waals surface area contributed by atoms with Gasteiger partial charge < -0.3 is 19.1 Å². The van der Waals surface area contributed by atoms with Crippen molar-refractivity contribution in [2.24, 2.45) is 0 Å². The van der Waals surface area contributed by atoms with E-state index in [2.05, 4.69) is 17.7 Å². The second kappa shape index (κ2) is 19.3. The first-order valence-electron chi connectivity index (χ1n) is 14.4. The fraction of sp³-hybridized carbons (Fsp3) is 0.750. The molecule has 0 aromatic carbocycles. The Labute approximate surface area is 262 Å². The summed E-state index contributed by atoms with van der Waals surface area (Å²) in [6, 6.07) is 0. The fourth-order valence-electron chi connectivity index (χ4n) is 5.12. The van der Waals surface area contributed by atoms with Crippen LogP contribution in [0.5, 0.6) is 0 Å². The van der Waals surface area contributed by atoms with E-state index in [0.717, 1.165) is 32.7 Å². The second-order valence-corrected chi connectivity index (χ2v) is 10.5. The van der Waals surface area contributed by atoms with Crippen LogP contribution in [0.25, 0.3) is 0 Å². The molecule has 1 N–H and O–H groups in total. The van der Waals surface area contributed by atoms with Crippen LogP contribution in [0, 0.1) is 12.3 Å². The molecule has 0 unspecified atom stereocenters. The highest BCUT2D eigenvalue weighted by atomic mass is 35.5. The molecule has 0 saturated carbocycles. The van der Waals surface area contributed by atoms with E-state index in [4.69, 9.17) is 20.6 Å². The van der Waals surface area contributed by atoms with E-state index in [1.54, 1.807) is 4.98 Å². The average molecular weight is 660 g/mol. The van der Waals surface area contributed by atoms with Crippen LogP contribution in [-0.2, 0) is 25.2 Å². The number of unbranched alkanes of at least 4 members (excludes halogenated alkanes) is 6. The van der Waals surface area contributed by atoms with E-state index >= 15 is 0 Å². The summed E-state index contributed by atoms with van der Waals surface area (Å²) >= 11 is 0. The zero-order valence-electron chi connectivity index (χ0n) is 24.4. The number of H-pyrrole nitrogens is 1. The molecule has 3 atom stereocenters. The normalized spacial score (nSPS) is 21.0. The molecule has 0 bridgehead atoms. The lowest BCUT2D eigenvalue weighted by Crippen LogP contribution is -2.48. The largest absolute Gasteiger partial charge is 0.462 e. The third-order valence-corrected chi connectivity index (χ3v) is 7.45. The molecule has 3 rings (SSSR count). The Hall–Kier alpha value is -2.08. The van der Waals surface area contributed by atoms with Gasteiger partial charge in [-0.15, -0.1) is 31.2 Å². The van der Waals surface area contributed by atoms with Crippen LogP contribution < -0.4 is 11.2 Å². The zero-order valence-corrected chi connectivity index (χ0v) is 26.1. The van der Waals surface area contributed by atoms with Crippen molar-refractivity contribution in [1.82, 2.24) is 19.4 Å². The van der Waals surface area contributed by atoms with Crippen molar-refractivity contribution in [1.29, 1.82) is 0 Å². The minimum absolute atomic E-state index is 0. The number of carbonyl (C=O) groups is 1. The van der Waals surface area contributed by atoms with Gasteiger partial charge >= 0.3 is 17.8 Å². The van der Waals surface area contributed by atoms with Crippen molar-refractivity contribution >= 4 is 30.8 Å². The minimum Gasteiger partial charge on any atom is -0.462 e. The second-order valence-electron chi connectivity index (χ2n) is 10.5. The van der Waals surface area contributed by atoms with Gasteiger partial charge in [0.05, 0.1) is 12.6 Å². The topological polar surface area (TPSA) is 106 Å². The molecule has 2 fully saturated rings. The van der Waals surface area contributed by atoms with Gasteiger partial charge in [-0.2, -0.15) is 13.2 Å². The van der Waals surface area contributed by atoms with Crippen LogP contribution in [0.2, 0.25) is 0 Å². The third-order valence-electron chi connectivity index (χ3n) is 7.45. The predicted molar refractivity (Wildman–Crippen MR) is 160 cm³/mol. The molecule has 10 nitrogen and oxygen atoms in total. The maximum atomic E-state index is 13.2. The Balaban J connectivity index is 0.00000462. The molecule has 0 aliphatic carbocycles. The number of nitrogens with zero attached hydrogens (tertiary/aromatic N) is 3. The van der Waals surface area contributed by atoms with Crippen molar-refractivity contribution in [2.75, 3.05) is 52.5 Å². The van der Waals surface area contributed by atoms with E-state index in [9.17, 15) is 27.6 Å². The number of halogens is 5. The number of carbonyl (C=O) groups excluding carboxylic acids is 1. The van der Waals surface area contributed by atoms with Crippen molar-refractivity contribution in [3.8, 4) is 12.3 Å². The molecule has 2 aliphatic heterocycles. The number of hydrogen-bond donors (Lipinski definition) is 1. The van der Waals surface area contributed by atoms with Gasteiger partial charge in [0.25, 0.3) is 5.56 Å². The average Bonchev–Trinajstić information content (AvgIpc) is 3.33. The molecule has 2 aliphatic rings. The van der Waals surface area contributed by atoms with Gasteiger partial charge in [0.2, 0.25) is 0 Å². The number of aromatic amines is 1. The summed E-state index contributed by atoms with van der Waals surface area (Å²) in [7, 11) is 0. The van der Waals surface area contributed by atoms with Crippen molar-refractivity contribution in [3.05, 3.63) is 32.6 Å². The van der Waals surface area contributed by atoms with Crippen LogP contribution in [-0.4, -0.2) is 90.0 Å². The van der Waals surface area contributed by atoms with Crippen LogP contribution >= 0.6 is 24.8 Å². The smallest absolute Gasteiger partial charge is 0.423 e. The Morgan fingerprint density at radius 2 is 1.70 bits per heavy atom. The number of aromatic nitrogens is 2. The van der Waals surface area contributed by atoms with E-state index in [1.807, 2.05) is 4.90 Å².